The third-order valence-electron chi connectivity index (χ3n) is 3.31. The SMILES string of the molecule is N#CC1=C(N)n2ncnc2N[C@@H]1c1ccccc1C(F)(F)F. The molecule has 0 saturated carbocycles. The highest BCUT2D eigenvalue weighted by atomic mass is 19.4. The number of nitrogens with zero attached hydrogens (tertiary/aromatic N) is 4. The third-order valence-corrected chi connectivity index (χ3v) is 3.31. The van der Waals surface area contributed by atoms with Crippen molar-refractivity contribution in [3.63, 3.8) is 0 Å². The maximum atomic E-state index is 13.2. The van der Waals surface area contributed by atoms with Crippen LogP contribution in [0.25, 0.3) is 5.82 Å². The molecular formula is C13H9F3N6. The first-order valence-electron chi connectivity index (χ1n) is 6.16. The lowest BCUT2D eigenvalue weighted by Crippen LogP contribution is -2.28. The van der Waals surface area contributed by atoms with Crippen LogP contribution in [0.2, 0.25) is 0 Å². The van der Waals surface area contributed by atoms with Crippen molar-refractivity contribution < 1.29 is 13.2 Å². The predicted octanol–water partition coefficient (Wildman–Crippen LogP) is 2.11. The zero-order valence-electron chi connectivity index (χ0n) is 11.0. The number of alkyl halides is 3. The van der Waals surface area contributed by atoms with Gasteiger partial charge in [-0.3, -0.25) is 0 Å². The highest BCUT2D eigenvalue weighted by molar-refractivity contribution is 5.65. The van der Waals surface area contributed by atoms with Crippen LogP contribution in [0, 0.1) is 11.3 Å². The second-order valence-corrected chi connectivity index (χ2v) is 4.57. The van der Waals surface area contributed by atoms with Crippen LogP contribution in [0.1, 0.15) is 17.2 Å². The molecule has 0 aliphatic carbocycles. The number of anilines is 1. The van der Waals surface area contributed by atoms with E-state index in [4.69, 9.17) is 5.73 Å². The lowest BCUT2D eigenvalue weighted by atomic mass is 9.93. The van der Waals surface area contributed by atoms with Crippen molar-refractivity contribution in [3.8, 4) is 6.07 Å². The van der Waals surface area contributed by atoms with Crippen molar-refractivity contribution in [3.05, 3.63) is 47.3 Å². The van der Waals surface area contributed by atoms with Gasteiger partial charge >= 0.3 is 6.18 Å². The first kappa shape index (κ1) is 13.9. The fraction of sp³-hybridized carbons (Fsp3) is 0.154. The molecule has 0 bridgehead atoms. The minimum absolute atomic E-state index is 0.0456. The van der Waals surface area contributed by atoms with Gasteiger partial charge < -0.3 is 11.1 Å². The Morgan fingerprint density at radius 3 is 2.73 bits per heavy atom. The maximum absolute atomic E-state index is 13.2. The molecule has 1 aliphatic heterocycles. The standard InChI is InChI=1S/C13H9F3N6/c14-13(15,16)9-4-2-1-3-7(9)10-8(5-17)11(18)22-12(21-10)19-6-20-22/h1-4,6,10H,18H2,(H,19,20,21)/t10-/m1/s1. The maximum Gasteiger partial charge on any atom is 0.416 e. The molecule has 3 rings (SSSR count). The smallest absolute Gasteiger partial charge is 0.383 e. The molecule has 1 aromatic carbocycles. The van der Waals surface area contributed by atoms with Crippen molar-refractivity contribution in [2.45, 2.75) is 12.2 Å². The Bertz CT molecular complexity index is 799. The molecule has 0 saturated heterocycles. The molecule has 0 unspecified atom stereocenters. The van der Waals surface area contributed by atoms with Gasteiger partial charge in [0.05, 0.1) is 17.2 Å². The van der Waals surface area contributed by atoms with Crippen LogP contribution >= 0.6 is 0 Å². The van der Waals surface area contributed by atoms with E-state index in [-0.39, 0.29) is 22.9 Å². The lowest BCUT2D eigenvalue weighted by Gasteiger charge is -2.27. The van der Waals surface area contributed by atoms with E-state index in [1.807, 2.05) is 6.07 Å². The van der Waals surface area contributed by atoms with E-state index in [9.17, 15) is 18.4 Å². The second-order valence-electron chi connectivity index (χ2n) is 4.57. The van der Waals surface area contributed by atoms with Gasteiger partial charge in [-0.2, -0.15) is 33.2 Å². The van der Waals surface area contributed by atoms with E-state index < -0.39 is 17.8 Å². The van der Waals surface area contributed by atoms with Crippen molar-refractivity contribution in [2.75, 3.05) is 5.32 Å². The quantitative estimate of drug-likeness (QED) is 0.842. The summed E-state index contributed by atoms with van der Waals surface area (Å²) in [5.74, 6) is 0.134. The second kappa shape index (κ2) is 4.77. The number of hydrogen-bond acceptors (Lipinski definition) is 5. The number of halogens is 3. The molecule has 1 atom stereocenters. The fourth-order valence-corrected chi connectivity index (χ4v) is 2.34. The number of fused-ring (bicyclic) bond motifs is 1. The summed E-state index contributed by atoms with van der Waals surface area (Å²) in [6.45, 7) is 0. The van der Waals surface area contributed by atoms with Gasteiger partial charge in [0, 0.05) is 0 Å². The van der Waals surface area contributed by atoms with E-state index >= 15 is 0 Å². The number of nitrogens with one attached hydrogen (secondary N) is 1. The molecule has 6 nitrogen and oxygen atoms in total. The Kier molecular flexibility index (Phi) is 3.02. The van der Waals surface area contributed by atoms with Crippen molar-refractivity contribution in [1.82, 2.24) is 14.8 Å². The van der Waals surface area contributed by atoms with E-state index in [1.54, 1.807) is 0 Å². The topological polar surface area (TPSA) is 92.5 Å². The van der Waals surface area contributed by atoms with Gasteiger partial charge in [-0.1, -0.05) is 18.2 Å². The molecule has 1 aliphatic rings. The Hall–Kier alpha value is -3.02. The van der Waals surface area contributed by atoms with E-state index in [0.717, 1.165) is 6.07 Å². The van der Waals surface area contributed by atoms with Gasteiger partial charge in [0.1, 0.15) is 18.2 Å². The van der Waals surface area contributed by atoms with Crippen molar-refractivity contribution in [1.29, 1.82) is 5.26 Å². The van der Waals surface area contributed by atoms with Crippen molar-refractivity contribution in [2.24, 2.45) is 5.73 Å². The van der Waals surface area contributed by atoms with Gasteiger partial charge in [-0.25, -0.2) is 0 Å². The van der Waals surface area contributed by atoms with E-state index in [0.29, 0.717) is 0 Å². The molecule has 2 heterocycles. The zero-order chi connectivity index (χ0) is 15.9. The normalized spacial score (nSPS) is 17.6. The number of nitriles is 1. The molecular weight excluding hydrogens is 297 g/mol. The summed E-state index contributed by atoms with van der Waals surface area (Å²) in [5.41, 5.74) is 4.86. The highest BCUT2D eigenvalue weighted by Crippen LogP contribution is 2.39. The molecule has 9 heteroatoms. The molecule has 0 fully saturated rings. The molecule has 2 aromatic rings. The summed E-state index contributed by atoms with van der Waals surface area (Å²) in [6.07, 6.45) is -3.35. The van der Waals surface area contributed by atoms with Gasteiger partial charge in [-0.05, 0) is 11.6 Å². The molecule has 0 spiro atoms. The van der Waals surface area contributed by atoms with Crippen LogP contribution in [0.15, 0.2) is 36.2 Å². The first-order valence-corrected chi connectivity index (χ1v) is 6.16. The summed E-state index contributed by atoms with van der Waals surface area (Å²) in [4.78, 5) is 3.88. The largest absolute Gasteiger partial charge is 0.416 e. The first-order chi connectivity index (χ1) is 10.4. The average Bonchev–Trinajstić information content (AvgIpc) is 2.95. The van der Waals surface area contributed by atoms with Crippen LogP contribution < -0.4 is 11.1 Å². The van der Waals surface area contributed by atoms with Gasteiger partial charge in [-0.15, -0.1) is 0 Å². The Morgan fingerprint density at radius 2 is 2.05 bits per heavy atom. The van der Waals surface area contributed by atoms with Gasteiger partial charge in [0.25, 0.3) is 0 Å². The number of benzene rings is 1. The summed E-state index contributed by atoms with van der Waals surface area (Å²) in [6, 6.07) is 5.83. The molecule has 22 heavy (non-hydrogen) atoms. The molecule has 0 amide bonds. The minimum Gasteiger partial charge on any atom is -0.383 e. The summed E-state index contributed by atoms with van der Waals surface area (Å²) < 4.78 is 40.7. The fourth-order valence-electron chi connectivity index (χ4n) is 2.34. The number of hydrogen-bond donors (Lipinski definition) is 2. The van der Waals surface area contributed by atoms with Crippen LogP contribution in [-0.4, -0.2) is 14.8 Å². The van der Waals surface area contributed by atoms with Crippen LogP contribution in [-0.2, 0) is 6.18 Å². The zero-order valence-corrected chi connectivity index (χ0v) is 11.0. The summed E-state index contributed by atoms with van der Waals surface area (Å²) in [5, 5.41) is 15.9. The minimum atomic E-state index is -4.54. The van der Waals surface area contributed by atoms with Crippen molar-refractivity contribution >= 4 is 11.8 Å². The van der Waals surface area contributed by atoms with Crippen LogP contribution in [0.5, 0.6) is 0 Å². The summed E-state index contributed by atoms with van der Waals surface area (Å²) in [7, 11) is 0. The van der Waals surface area contributed by atoms with E-state index in [2.05, 4.69) is 15.4 Å². The monoisotopic (exact) mass is 306 g/mol. The van der Waals surface area contributed by atoms with Crippen LogP contribution in [0.4, 0.5) is 19.1 Å². The average molecular weight is 306 g/mol. The lowest BCUT2D eigenvalue weighted by molar-refractivity contribution is -0.138. The van der Waals surface area contributed by atoms with Gasteiger partial charge in [0.2, 0.25) is 5.95 Å². The Morgan fingerprint density at radius 1 is 1.32 bits per heavy atom. The molecule has 112 valence electrons. The van der Waals surface area contributed by atoms with E-state index in [1.165, 1.54) is 29.2 Å². The predicted molar refractivity (Wildman–Crippen MR) is 70.8 cm³/mol. The van der Waals surface area contributed by atoms with Crippen LogP contribution in [0.3, 0.4) is 0 Å². The van der Waals surface area contributed by atoms with Gasteiger partial charge in [0.15, 0.2) is 0 Å². The number of aromatic nitrogens is 3. The molecule has 3 N–H and O–H groups in total. The Labute approximate surface area is 122 Å². The number of rotatable bonds is 1. The molecule has 1 aromatic heterocycles. The number of nitrogens with two attached hydrogens (primary N) is 1. The highest BCUT2D eigenvalue weighted by Gasteiger charge is 2.38. The third kappa shape index (κ3) is 2.05. The molecule has 0 radical (unpaired) electrons. The summed E-state index contributed by atoms with van der Waals surface area (Å²) >= 11 is 0. The Balaban J connectivity index is 2.19.